The van der Waals surface area contributed by atoms with Crippen LogP contribution in [0.2, 0.25) is 0 Å². The molecule has 0 saturated carbocycles. The fraction of sp³-hybridized carbons (Fsp3) is 0.421. The van der Waals surface area contributed by atoms with Crippen molar-refractivity contribution in [2.75, 3.05) is 25.5 Å². The Kier molecular flexibility index (Phi) is 5.25. The van der Waals surface area contributed by atoms with E-state index in [0.29, 0.717) is 24.7 Å². The van der Waals surface area contributed by atoms with Gasteiger partial charge in [-0.1, -0.05) is 6.07 Å². The molecule has 7 nitrogen and oxygen atoms in total. The SMILES string of the molecule is COC(=O)N1CCC[C@H](C(=O)Nc2ccc(C)c(-c3nc(C)co3)c2)C1. The zero-order valence-corrected chi connectivity index (χ0v) is 15.2. The summed E-state index contributed by atoms with van der Waals surface area (Å²) >= 11 is 0. The molecule has 138 valence electrons. The van der Waals surface area contributed by atoms with Gasteiger partial charge in [0.1, 0.15) is 6.26 Å². The number of aryl methyl sites for hydroxylation is 2. The molecule has 7 heteroatoms. The molecule has 1 aromatic heterocycles. The summed E-state index contributed by atoms with van der Waals surface area (Å²) in [5, 5.41) is 2.95. The second-order valence-corrected chi connectivity index (χ2v) is 6.57. The molecule has 0 radical (unpaired) electrons. The van der Waals surface area contributed by atoms with Gasteiger partial charge in [-0.25, -0.2) is 9.78 Å². The first-order valence-corrected chi connectivity index (χ1v) is 8.65. The Bertz CT molecular complexity index is 815. The Morgan fingerprint density at radius 3 is 2.85 bits per heavy atom. The molecule has 1 saturated heterocycles. The number of methoxy groups -OCH3 is 1. The van der Waals surface area contributed by atoms with E-state index in [4.69, 9.17) is 9.15 Å². The Balaban J connectivity index is 1.72. The van der Waals surface area contributed by atoms with Crippen LogP contribution in [0.25, 0.3) is 11.5 Å². The monoisotopic (exact) mass is 357 g/mol. The van der Waals surface area contributed by atoms with Crippen LogP contribution in [0.1, 0.15) is 24.1 Å². The fourth-order valence-electron chi connectivity index (χ4n) is 3.14. The quantitative estimate of drug-likeness (QED) is 0.910. The zero-order valence-electron chi connectivity index (χ0n) is 15.2. The average Bonchev–Trinajstić information content (AvgIpc) is 3.08. The van der Waals surface area contributed by atoms with Gasteiger partial charge in [0.05, 0.1) is 18.7 Å². The highest BCUT2D eigenvalue weighted by Gasteiger charge is 2.29. The molecule has 26 heavy (non-hydrogen) atoms. The second kappa shape index (κ2) is 7.59. The number of aromatic nitrogens is 1. The number of amides is 2. The van der Waals surface area contributed by atoms with E-state index in [0.717, 1.165) is 29.7 Å². The van der Waals surface area contributed by atoms with E-state index in [-0.39, 0.29) is 17.9 Å². The third kappa shape index (κ3) is 3.87. The highest BCUT2D eigenvalue weighted by Crippen LogP contribution is 2.27. The molecule has 1 N–H and O–H groups in total. The van der Waals surface area contributed by atoms with Gasteiger partial charge < -0.3 is 19.4 Å². The Morgan fingerprint density at radius 1 is 1.35 bits per heavy atom. The summed E-state index contributed by atoms with van der Waals surface area (Å²) in [6.07, 6.45) is 2.74. The first-order valence-electron chi connectivity index (χ1n) is 8.65. The topological polar surface area (TPSA) is 84.7 Å². The van der Waals surface area contributed by atoms with Crippen molar-refractivity contribution in [3.05, 3.63) is 35.7 Å². The molecular weight excluding hydrogens is 334 g/mol. The number of ether oxygens (including phenoxy) is 1. The van der Waals surface area contributed by atoms with Crippen LogP contribution in [0.5, 0.6) is 0 Å². The van der Waals surface area contributed by atoms with Gasteiger partial charge in [0.2, 0.25) is 11.8 Å². The van der Waals surface area contributed by atoms with Crippen molar-refractivity contribution >= 4 is 17.7 Å². The number of oxazole rings is 1. The number of hydrogen-bond acceptors (Lipinski definition) is 5. The molecule has 1 aromatic carbocycles. The molecule has 2 heterocycles. The molecule has 1 aliphatic rings. The Labute approximate surface area is 152 Å². The van der Waals surface area contributed by atoms with E-state index in [9.17, 15) is 9.59 Å². The number of benzene rings is 1. The lowest BCUT2D eigenvalue weighted by Gasteiger charge is -2.30. The predicted octanol–water partition coefficient (Wildman–Crippen LogP) is 3.38. The molecule has 0 unspecified atom stereocenters. The number of carbonyl (C=O) groups excluding carboxylic acids is 2. The second-order valence-electron chi connectivity index (χ2n) is 6.57. The average molecular weight is 357 g/mol. The molecule has 1 aliphatic heterocycles. The maximum atomic E-state index is 12.6. The van der Waals surface area contributed by atoms with Crippen molar-refractivity contribution in [1.29, 1.82) is 0 Å². The van der Waals surface area contributed by atoms with Gasteiger partial charge in [0.25, 0.3) is 0 Å². The van der Waals surface area contributed by atoms with E-state index in [1.54, 1.807) is 11.2 Å². The minimum atomic E-state index is -0.389. The summed E-state index contributed by atoms with van der Waals surface area (Å²) in [6.45, 7) is 4.82. The van der Waals surface area contributed by atoms with E-state index in [1.165, 1.54) is 7.11 Å². The van der Waals surface area contributed by atoms with E-state index in [2.05, 4.69) is 10.3 Å². The van der Waals surface area contributed by atoms with Crippen LogP contribution in [-0.2, 0) is 9.53 Å². The van der Waals surface area contributed by atoms with Gasteiger partial charge in [-0.3, -0.25) is 4.79 Å². The maximum Gasteiger partial charge on any atom is 0.409 e. The van der Waals surface area contributed by atoms with Crippen LogP contribution in [0, 0.1) is 19.8 Å². The lowest BCUT2D eigenvalue weighted by Crippen LogP contribution is -2.43. The fourth-order valence-corrected chi connectivity index (χ4v) is 3.14. The molecule has 2 aromatic rings. The van der Waals surface area contributed by atoms with Gasteiger partial charge >= 0.3 is 6.09 Å². The van der Waals surface area contributed by atoms with Gasteiger partial charge in [-0.05, 0) is 44.4 Å². The number of likely N-dealkylation sites (tertiary alicyclic amines) is 1. The predicted molar refractivity (Wildman–Crippen MR) is 96.7 cm³/mol. The first kappa shape index (κ1) is 18.0. The van der Waals surface area contributed by atoms with Crippen molar-refractivity contribution in [1.82, 2.24) is 9.88 Å². The first-order chi connectivity index (χ1) is 12.5. The summed E-state index contributed by atoms with van der Waals surface area (Å²) in [7, 11) is 1.35. The summed E-state index contributed by atoms with van der Waals surface area (Å²) in [4.78, 5) is 30.2. The molecule has 2 amide bonds. The Morgan fingerprint density at radius 2 is 2.15 bits per heavy atom. The van der Waals surface area contributed by atoms with Gasteiger partial charge in [0, 0.05) is 24.3 Å². The number of anilines is 1. The minimum Gasteiger partial charge on any atom is -0.453 e. The zero-order chi connectivity index (χ0) is 18.7. The summed E-state index contributed by atoms with van der Waals surface area (Å²) in [5.41, 5.74) is 3.34. The van der Waals surface area contributed by atoms with Crippen molar-refractivity contribution < 1.29 is 18.7 Å². The number of rotatable bonds is 3. The largest absolute Gasteiger partial charge is 0.453 e. The van der Waals surface area contributed by atoms with Crippen LogP contribution in [0.15, 0.2) is 28.9 Å². The molecule has 0 spiro atoms. The van der Waals surface area contributed by atoms with Gasteiger partial charge in [0.15, 0.2) is 0 Å². The number of nitrogens with one attached hydrogen (secondary N) is 1. The van der Waals surface area contributed by atoms with Crippen molar-refractivity contribution in [2.45, 2.75) is 26.7 Å². The standard InChI is InChI=1S/C19H23N3O4/c1-12-6-7-15(9-16(12)18-20-13(2)11-26-18)21-17(23)14-5-4-8-22(10-14)19(24)25-3/h6-7,9,11,14H,4-5,8,10H2,1-3H3,(H,21,23)/t14-/m0/s1. The van der Waals surface area contributed by atoms with Crippen LogP contribution in [0.3, 0.4) is 0 Å². The van der Waals surface area contributed by atoms with E-state index in [1.807, 2.05) is 32.0 Å². The third-order valence-corrected chi connectivity index (χ3v) is 4.58. The number of piperidine rings is 1. The number of hydrogen-bond donors (Lipinski definition) is 1. The molecule has 3 rings (SSSR count). The molecule has 1 fully saturated rings. The van der Waals surface area contributed by atoms with Gasteiger partial charge in [-0.15, -0.1) is 0 Å². The van der Waals surface area contributed by atoms with Crippen LogP contribution in [0.4, 0.5) is 10.5 Å². The highest BCUT2D eigenvalue weighted by atomic mass is 16.5. The van der Waals surface area contributed by atoms with Crippen molar-refractivity contribution in [3.8, 4) is 11.5 Å². The molecular formula is C19H23N3O4. The lowest BCUT2D eigenvalue weighted by molar-refractivity contribution is -0.121. The molecule has 1 atom stereocenters. The maximum absolute atomic E-state index is 12.6. The summed E-state index contributed by atoms with van der Waals surface area (Å²) < 4.78 is 10.2. The normalized spacial score (nSPS) is 17.0. The molecule has 0 aliphatic carbocycles. The smallest absolute Gasteiger partial charge is 0.409 e. The minimum absolute atomic E-state index is 0.100. The van der Waals surface area contributed by atoms with Crippen molar-refractivity contribution in [3.63, 3.8) is 0 Å². The highest BCUT2D eigenvalue weighted by molar-refractivity contribution is 5.93. The third-order valence-electron chi connectivity index (χ3n) is 4.58. The van der Waals surface area contributed by atoms with E-state index >= 15 is 0 Å². The number of nitrogens with zero attached hydrogens (tertiary/aromatic N) is 2. The lowest BCUT2D eigenvalue weighted by atomic mass is 9.97. The summed E-state index contributed by atoms with van der Waals surface area (Å²) in [6, 6.07) is 5.64. The van der Waals surface area contributed by atoms with Crippen LogP contribution >= 0.6 is 0 Å². The van der Waals surface area contributed by atoms with E-state index < -0.39 is 0 Å². The number of carbonyl (C=O) groups is 2. The van der Waals surface area contributed by atoms with Crippen LogP contribution in [-0.4, -0.2) is 42.1 Å². The Hall–Kier alpha value is -2.83. The van der Waals surface area contributed by atoms with Crippen LogP contribution < -0.4 is 5.32 Å². The van der Waals surface area contributed by atoms with Crippen molar-refractivity contribution in [2.24, 2.45) is 5.92 Å². The molecule has 0 bridgehead atoms. The van der Waals surface area contributed by atoms with Gasteiger partial charge in [-0.2, -0.15) is 0 Å². The summed E-state index contributed by atoms with van der Waals surface area (Å²) in [5.74, 6) is 0.180.